The monoisotopic (exact) mass is 322 g/mol. The van der Waals surface area contributed by atoms with Gasteiger partial charge in [0.05, 0.1) is 19.8 Å². The third-order valence-corrected chi connectivity index (χ3v) is 3.85. The number of aliphatic hydroxyl groups is 3. The van der Waals surface area contributed by atoms with Crippen molar-refractivity contribution >= 4 is 0 Å². The van der Waals surface area contributed by atoms with E-state index in [1.165, 1.54) is 11.1 Å². The van der Waals surface area contributed by atoms with Crippen LogP contribution in [-0.4, -0.2) is 35.1 Å². The molecule has 3 N–H and O–H groups in total. The van der Waals surface area contributed by atoms with Gasteiger partial charge in [-0.2, -0.15) is 0 Å². The van der Waals surface area contributed by atoms with Gasteiger partial charge in [-0.1, -0.05) is 41.0 Å². The van der Waals surface area contributed by atoms with Gasteiger partial charge in [-0.25, -0.2) is 0 Å². The van der Waals surface area contributed by atoms with E-state index in [2.05, 4.69) is 25.2 Å². The topological polar surface area (TPSA) is 60.7 Å². The zero-order chi connectivity index (χ0) is 17.5. The molecule has 3 nitrogen and oxygen atoms in total. The van der Waals surface area contributed by atoms with Gasteiger partial charge in [0.2, 0.25) is 0 Å². The van der Waals surface area contributed by atoms with Crippen LogP contribution in [0.5, 0.6) is 0 Å². The molecular formula is C20H34O3. The average Bonchev–Trinajstić information content (AvgIpc) is 2.53. The summed E-state index contributed by atoms with van der Waals surface area (Å²) in [6, 6.07) is 0. The molecular weight excluding hydrogens is 288 g/mol. The smallest absolute Gasteiger partial charge is 0.0641 e. The first kappa shape index (κ1) is 21.8. The van der Waals surface area contributed by atoms with Gasteiger partial charge in [-0.05, 0) is 64.9 Å². The minimum Gasteiger partial charge on any atom is -0.392 e. The lowest BCUT2D eigenvalue weighted by atomic mass is 10.0. The SMILES string of the molecule is C/C(=C/CC/C(C)=C\CC/C(=C/CC/C(C)=C/CO)CO)CO. The molecule has 3 heteroatoms. The van der Waals surface area contributed by atoms with Crippen LogP contribution >= 0.6 is 0 Å². The van der Waals surface area contributed by atoms with Crippen molar-refractivity contribution in [2.75, 3.05) is 19.8 Å². The van der Waals surface area contributed by atoms with Crippen molar-refractivity contribution in [2.24, 2.45) is 0 Å². The van der Waals surface area contributed by atoms with Crippen molar-refractivity contribution in [1.82, 2.24) is 0 Å². The van der Waals surface area contributed by atoms with Gasteiger partial charge in [-0.15, -0.1) is 0 Å². The van der Waals surface area contributed by atoms with Gasteiger partial charge in [0, 0.05) is 0 Å². The fraction of sp³-hybridized carbons (Fsp3) is 0.600. The Morgan fingerprint density at radius 3 is 1.70 bits per heavy atom. The van der Waals surface area contributed by atoms with Gasteiger partial charge in [0.15, 0.2) is 0 Å². The molecule has 0 radical (unpaired) electrons. The highest BCUT2D eigenvalue weighted by Crippen LogP contribution is 2.13. The fourth-order valence-corrected chi connectivity index (χ4v) is 2.22. The van der Waals surface area contributed by atoms with Crippen LogP contribution in [0.4, 0.5) is 0 Å². The van der Waals surface area contributed by atoms with E-state index < -0.39 is 0 Å². The van der Waals surface area contributed by atoms with Crippen LogP contribution in [-0.2, 0) is 0 Å². The number of hydrogen-bond donors (Lipinski definition) is 3. The standard InChI is InChI=1S/C20H34O3/c1-17(7-4-10-19(3)15-22)8-5-11-20(16-23)12-6-9-18(2)13-14-21/h8,10,12-13,21-23H,4-7,9,11,14-16H2,1-3H3/b17-8-,18-13+,19-10-,20-12-. The van der Waals surface area contributed by atoms with Crippen LogP contribution in [0.15, 0.2) is 46.6 Å². The van der Waals surface area contributed by atoms with Crippen molar-refractivity contribution < 1.29 is 15.3 Å². The van der Waals surface area contributed by atoms with Crippen molar-refractivity contribution in [3.05, 3.63) is 46.6 Å². The fourth-order valence-electron chi connectivity index (χ4n) is 2.22. The molecule has 132 valence electrons. The molecule has 0 aliphatic rings. The normalized spacial score (nSPS) is 14.5. The second-order valence-electron chi connectivity index (χ2n) is 6.13. The minimum atomic E-state index is 0.0967. The summed E-state index contributed by atoms with van der Waals surface area (Å²) in [4.78, 5) is 0. The maximum Gasteiger partial charge on any atom is 0.0641 e. The Bertz CT molecular complexity index is 428. The Morgan fingerprint density at radius 2 is 1.13 bits per heavy atom. The Balaban J connectivity index is 4.14. The van der Waals surface area contributed by atoms with Crippen LogP contribution in [0.25, 0.3) is 0 Å². The highest BCUT2D eigenvalue weighted by atomic mass is 16.3. The molecule has 0 aromatic rings. The number of rotatable bonds is 12. The molecule has 0 fully saturated rings. The Morgan fingerprint density at radius 1 is 0.609 bits per heavy atom. The third-order valence-electron chi connectivity index (χ3n) is 3.85. The molecule has 0 aromatic heterocycles. The lowest BCUT2D eigenvalue weighted by molar-refractivity contribution is 0.326. The third kappa shape index (κ3) is 13.0. The van der Waals surface area contributed by atoms with E-state index >= 15 is 0 Å². The highest BCUT2D eigenvalue weighted by Gasteiger charge is 1.97. The summed E-state index contributed by atoms with van der Waals surface area (Å²) in [6.45, 7) is 6.44. The van der Waals surface area contributed by atoms with Crippen LogP contribution in [0.3, 0.4) is 0 Å². The van der Waals surface area contributed by atoms with Crippen molar-refractivity contribution in [3.63, 3.8) is 0 Å². The van der Waals surface area contributed by atoms with E-state index in [9.17, 15) is 5.11 Å². The largest absolute Gasteiger partial charge is 0.392 e. The Kier molecular flexibility index (Phi) is 13.7. The summed E-state index contributed by atoms with van der Waals surface area (Å²) in [7, 11) is 0. The first-order valence-corrected chi connectivity index (χ1v) is 8.50. The molecule has 0 aliphatic carbocycles. The zero-order valence-corrected chi connectivity index (χ0v) is 15.0. The molecule has 0 saturated heterocycles. The summed E-state index contributed by atoms with van der Waals surface area (Å²) in [5, 5.41) is 27.2. The molecule has 0 aromatic carbocycles. The molecule has 0 heterocycles. The minimum absolute atomic E-state index is 0.0967. The summed E-state index contributed by atoms with van der Waals surface area (Å²) in [6.07, 6.45) is 13.9. The quantitative estimate of drug-likeness (QED) is 0.475. The number of hydrogen-bond acceptors (Lipinski definition) is 3. The Labute approximate surface area is 141 Å². The second kappa shape index (κ2) is 14.4. The number of aliphatic hydroxyl groups excluding tert-OH is 3. The molecule has 0 aliphatic heterocycles. The van der Waals surface area contributed by atoms with E-state index in [-0.39, 0.29) is 19.8 Å². The van der Waals surface area contributed by atoms with Crippen molar-refractivity contribution in [1.29, 1.82) is 0 Å². The second-order valence-corrected chi connectivity index (χ2v) is 6.13. The lowest BCUT2D eigenvalue weighted by Gasteiger charge is -2.04. The predicted octanol–water partition coefficient (Wildman–Crippen LogP) is 4.07. The van der Waals surface area contributed by atoms with E-state index in [1.54, 1.807) is 0 Å². The molecule has 0 rings (SSSR count). The highest BCUT2D eigenvalue weighted by molar-refractivity contribution is 5.09. The maximum absolute atomic E-state index is 9.41. The summed E-state index contributed by atoms with van der Waals surface area (Å²) < 4.78 is 0. The van der Waals surface area contributed by atoms with Gasteiger partial charge in [-0.3, -0.25) is 0 Å². The van der Waals surface area contributed by atoms with Crippen LogP contribution in [0.2, 0.25) is 0 Å². The maximum atomic E-state index is 9.41. The zero-order valence-electron chi connectivity index (χ0n) is 15.0. The first-order chi connectivity index (χ1) is 11.0. The van der Waals surface area contributed by atoms with E-state index in [0.717, 1.165) is 49.7 Å². The molecule has 0 atom stereocenters. The van der Waals surface area contributed by atoms with Gasteiger partial charge < -0.3 is 15.3 Å². The predicted molar refractivity (Wildman–Crippen MR) is 98.3 cm³/mol. The van der Waals surface area contributed by atoms with Gasteiger partial charge >= 0.3 is 0 Å². The van der Waals surface area contributed by atoms with Crippen molar-refractivity contribution in [3.8, 4) is 0 Å². The Hall–Kier alpha value is -1.16. The van der Waals surface area contributed by atoms with Crippen molar-refractivity contribution in [2.45, 2.75) is 59.3 Å². The average molecular weight is 322 g/mol. The molecule has 0 spiro atoms. The summed E-state index contributed by atoms with van der Waals surface area (Å²) in [5.74, 6) is 0. The number of allylic oxidation sites excluding steroid dienone is 5. The summed E-state index contributed by atoms with van der Waals surface area (Å²) in [5.41, 5.74) is 4.64. The lowest BCUT2D eigenvalue weighted by Crippen LogP contribution is -1.91. The summed E-state index contributed by atoms with van der Waals surface area (Å²) >= 11 is 0. The van der Waals surface area contributed by atoms with Gasteiger partial charge in [0.25, 0.3) is 0 Å². The first-order valence-electron chi connectivity index (χ1n) is 8.50. The van der Waals surface area contributed by atoms with E-state index in [1.807, 2.05) is 19.9 Å². The van der Waals surface area contributed by atoms with Crippen LogP contribution in [0.1, 0.15) is 59.3 Å². The molecule has 23 heavy (non-hydrogen) atoms. The van der Waals surface area contributed by atoms with E-state index in [0.29, 0.717) is 0 Å². The molecule has 0 amide bonds. The van der Waals surface area contributed by atoms with Crippen LogP contribution < -0.4 is 0 Å². The molecule has 0 bridgehead atoms. The molecule has 0 saturated carbocycles. The molecule has 0 unspecified atom stereocenters. The van der Waals surface area contributed by atoms with Gasteiger partial charge in [0.1, 0.15) is 0 Å². The van der Waals surface area contributed by atoms with E-state index in [4.69, 9.17) is 10.2 Å². The van der Waals surface area contributed by atoms with Crippen LogP contribution in [0, 0.1) is 0 Å².